The highest BCUT2D eigenvalue weighted by molar-refractivity contribution is 5.11. The first-order valence-corrected chi connectivity index (χ1v) is 10.9. The van der Waals surface area contributed by atoms with Crippen LogP contribution in [0.1, 0.15) is 51.5 Å². The number of rotatable bonds is 0. The standard InChI is InChI=1S/C12H20.C7H8.C6H6.C2H6O/c1-12(2)10-4-8-3-9(6-10)7-11(12)5-8;1-7-5-3-2-4-6-7;1-2-4-6-5-3-1;1-3-2/h8-11H,3-7H2,1-2H3;2-6H,1H3;1-6H;1-2H3. The zero-order valence-electron chi connectivity index (χ0n) is 18.6. The maximum Gasteiger partial charge on any atom is 0.0351 e. The van der Waals surface area contributed by atoms with E-state index in [1.807, 2.05) is 54.6 Å². The summed E-state index contributed by atoms with van der Waals surface area (Å²) in [4.78, 5) is 0. The Morgan fingerprint density at radius 2 is 0.964 bits per heavy atom. The molecule has 0 unspecified atom stereocenters. The predicted molar refractivity (Wildman–Crippen MR) is 121 cm³/mol. The Morgan fingerprint density at radius 1 is 0.643 bits per heavy atom. The van der Waals surface area contributed by atoms with Crippen molar-refractivity contribution in [2.75, 3.05) is 14.2 Å². The second-order valence-corrected chi connectivity index (χ2v) is 9.34. The fraction of sp³-hybridized carbons (Fsp3) is 0.556. The summed E-state index contributed by atoms with van der Waals surface area (Å²) < 4.78 is 4.25. The average molecular weight is 381 g/mol. The first-order valence-electron chi connectivity index (χ1n) is 10.9. The van der Waals surface area contributed by atoms with Gasteiger partial charge in [-0.05, 0) is 68.1 Å². The third-order valence-corrected chi connectivity index (χ3v) is 6.85. The largest absolute Gasteiger partial charge is 0.388 e. The van der Waals surface area contributed by atoms with Gasteiger partial charge in [0, 0.05) is 14.2 Å². The molecular formula is C27H40O. The zero-order chi connectivity index (χ0) is 20.4. The summed E-state index contributed by atoms with van der Waals surface area (Å²) in [5, 5.41) is 0. The van der Waals surface area contributed by atoms with Crippen LogP contribution in [0.15, 0.2) is 66.7 Å². The Kier molecular flexibility index (Phi) is 9.25. The Labute approximate surface area is 173 Å². The van der Waals surface area contributed by atoms with Gasteiger partial charge in [-0.15, -0.1) is 0 Å². The van der Waals surface area contributed by atoms with Crippen molar-refractivity contribution in [3.8, 4) is 0 Å². The lowest BCUT2D eigenvalue weighted by atomic mass is 9.46. The fourth-order valence-electron chi connectivity index (χ4n) is 5.32. The lowest BCUT2D eigenvalue weighted by Gasteiger charge is -2.59. The summed E-state index contributed by atoms with van der Waals surface area (Å²) in [6, 6.07) is 22.3. The van der Waals surface area contributed by atoms with Crippen molar-refractivity contribution in [1.82, 2.24) is 0 Å². The third-order valence-electron chi connectivity index (χ3n) is 6.85. The quantitative estimate of drug-likeness (QED) is 0.462. The van der Waals surface area contributed by atoms with Crippen molar-refractivity contribution in [3.05, 3.63) is 72.3 Å². The fourth-order valence-corrected chi connectivity index (χ4v) is 5.32. The first kappa shape index (κ1) is 22.7. The molecule has 154 valence electrons. The maximum atomic E-state index is 4.25. The van der Waals surface area contributed by atoms with E-state index < -0.39 is 0 Å². The summed E-state index contributed by atoms with van der Waals surface area (Å²) in [7, 11) is 3.25. The van der Waals surface area contributed by atoms with E-state index in [0.29, 0.717) is 5.41 Å². The lowest BCUT2D eigenvalue weighted by molar-refractivity contribution is -0.0876. The molecule has 2 aromatic carbocycles. The van der Waals surface area contributed by atoms with Crippen LogP contribution in [0.3, 0.4) is 0 Å². The smallest absolute Gasteiger partial charge is 0.0351 e. The molecule has 4 aliphatic rings. The second-order valence-electron chi connectivity index (χ2n) is 9.34. The molecule has 6 rings (SSSR count). The van der Waals surface area contributed by atoms with E-state index in [1.54, 1.807) is 46.3 Å². The summed E-state index contributed by atoms with van der Waals surface area (Å²) >= 11 is 0. The average Bonchev–Trinajstić information content (AvgIpc) is 2.69. The van der Waals surface area contributed by atoms with Gasteiger partial charge < -0.3 is 4.74 Å². The minimum Gasteiger partial charge on any atom is -0.388 e. The van der Waals surface area contributed by atoms with Crippen LogP contribution in [-0.2, 0) is 4.74 Å². The second kappa shape index (κ2) is 11.4. The molecule has 0 heterocycles. The Hall–Kier alpha value is -1.60. The van der Waals surface area contributed by atoms with Gasteiger partial charge in [0.2, 0.25) is 0 Å². The van der Waals surface area contributed by atoms with Crippen molar-refractivity contribution in [2.45, 2.75) is 52.9 Å². The van der Waals surface area contributed by atoms with Gasteiger partial charge >= 0.3 is 0 Å². The van der Waals surface area contributed by atoms with Crippen LogP contribution in [0.4, 0.5) is 0 Å². The van der Waals surface area contributed by atoms with Crippen LogP contribution in [0.25, 0.3) is 0 Å². The molecule has 28 heavy (non-hydrogen) atoms. The van der Waals surface area contributed by atoms with Gasteiger partial charge in [-0.1, -0.05) is 86.1 Å². The highest BCUT2D eigenvalue weighted by Gasteiger charge is 2.52. The first-order chi connectivity index (χ1) is 13.5. The molecule has 0 amide bonds. The van der Waals surface area contributed by atoms with Crippen molar-refractivity contribution in [1.29, 1.82) is 0 Å². The van der Waals surface area contributed by atoms with Crippen LogP contribution >= 0.6 is 0 Å². The van der Waals surface area contributed by atoms with Gasteiger partial charge in [0.25, 0.3) is 0 Å². The Bertz CT molecular complexity index is 575. The number of ether oxygens (including phenoxy) is 1. The van der Waals surface area contributed by atoms with Gasteiger partial charge in [0.05, 0.1) is 0 Å². The lowest BCUT2D eigenvalue weighted by Crippen LogP contribution is -2.49. The molecule has 4 fully saturated rings. The van der Waals surface area contributed by atoms with Gasteiger partial charge in [-0.3, -0.25) is 0 Å². The van der Waals surface area contributed by atoms with Crippen molar-refractivity contribution >= 4 is 0 Å². The molecule has 0 atom stereocenters. The number of benzene rings is 2. The number of aryl methyl sites for hydroxylation is 1. The van der Waals surface area contributed by atoms with Crippen LogP contribution in [0.5, 0.6) is 0 Å². The van der Waals surface area contributed by atoms with Crippen LogP contribution < -0.4 is 0 Å². The van der Waals surface area contributed by atoms with E-state index in [2.05, 4.69) is 37.6 Å². The van der Waals surface area contributed by atoms with Crippen molar-refractivity contribution in [3.63, 3.8) is 0 Å². The van der Waals surface area contributed by atoms with E-state index in [-0.39, 0.29) is 0 Å². The molecule has 2 aromatic rings. The topological polar surface area (TPSA) is 9.23 Å². The van der Waals surface area contributed by atoms with Crippen molar-refractivity contribution < 1.29 is 4.74 Å². The molecule has 0 radical (unpaired) electrons. The highest BCUT2D eigenvalue weighted by Crippen LogP contribution is 2.61. The van der Waals surface area contributed by atoms with E-state index in [0.717, 1.165) is 23.7 Å². The molecule has 4 aliphatic carbocycles. The molecular weight excluding hydrogens is 340 g/mol. The normalized spacial score (nSPS) is 27.9. The minimum absolute atomic E-state index is 0.702. The highest BCUT2D eigenvalue weighted by atomic mass is 16.4. The van der Waals surface area contributed by atoms with Crippen molar-refractivity contribution in [2.24, 2.45) is 29.1 Å². The van der Waals surface area contributed by atoms with Gasteiger partial charge in [-0.2, -0.15) is 0 Å². The zero-order valence-corrected chi connectivity index (χ0v) is 18.6. The van der Waals surface area contributed by atoms with Crippen LogP contribution in [0.2, 0.25) is 0 Å². The summed E-state index contributed by atoms with van der Waals surface area (Å²) in [5.41, 5.74) is 2.02. The van der Waals surface area contributed by atoms with E-state index in [9.17, 15) is 0 Å². The molecule has 0 N–H and O–H groups in total. The summed E-state index contributed by atoms with van der Waals surface area (Å²) in [6.07, 6.45) is 7.86. The van der Waals surface area contributed by atoms with Crippen LogP contribution in [0, 0.1) is 36.0 Å². The summed E-state index contributed by atoms with van der Waals surface area (Å²) in [6.45, 7) is 7.14. The van der Waals surface area contributed by atoms with E-state index >= 15 is 0 Å². The predicted octanol–water partition coefficient (Wildman–Crippen LogP) is 7.41. The van der Waals surface area contributed by atoms with Gasteiger partial charge in [0.1, 0.15) is 0 Å². The molecule has 1 nitrogen and oxygen atoms in total. The molecule has 0 saturated heterocycles. The van der Waals surface area contributed by atoms with Gasteiger partial charge in [-0.25, -0.2) is 0 Å². The maximum absolute atomic E-state index is 4.25. The molecule has 0 aromatic heterocycles. The number of hydrogen-bond acceptors (Lipinski definition) is 1. The van der Waals surface area contributed by atoms with Crippen LogP contribution in [-0.4, -0.2) is 14.2 Å². The van der Waals surface area contributed by atoms with Gasteiger partial charge in [0.15, 0.2) is 0 Å². The number of hydrogen-bond donors (Lipinski definition) is 0. The molecule has 0 spiro atoms. The molecule has 4 saturated carbocycles. The third kappa shape index (κ3) is 6.78. The van der Waals surface area contributed by atoms with E-state index in [4.69, 9.17) is 0 Å². The Balaban J connectivity index is 0.000000151. The minimum atomic E-state index is 0.702. The summed E-state index contributed by atoms with van der Waals surface area (Å²) in [5.74, 6) is 4.46. The molecule has 1 heteroatoms. The number of methoxy groups -OCH3 is 1. The Morgan fingerprint density at radius 3 is 1.25 bits per heavy atom. The molecule has 4 bridgehead atoms. The SMILES string of the molecule is CC1(C)C2CC3CC(C2)CC1C3.COC.Cc1ccccc1.c1ccccc1. The van der Waals surface area contributed by atoms with E-state index in [1.165, 1.54) is 5.56 Å². The monoisotopic (exact) mass is 380 g/mol. The molecule has 0 aliphatic heterocycles.